The van der Waals surface area contributed by atoms with Gasteiger partial charge in [-0.05, 0) is 13.0 Å². The summed E-state index contributed by atoms with van der Waals surface area (Å²) in [4.78, 5) is 14.6. The molecule has 0 saturated carbocycles. The molecule has 1 aromatic heterocycles. The normalized spacial score (nSPS) is 8.94. The minimum atomic E-state index is -0.474. The lowest BCUT2D eigenvalue weighted by Gasteiger charge is -2.01. The van der Waals surface area contributed by atoms with Crippen molar-refractivity contribution in [3.8, 4) is 5.88 Å². The molecule has 0 spiro atoms. The molecule has 1 amide bonds. The van der Waals surface area contributed by atoms with Gasteiger partial charge in [-0.3, -0.25) is 4.79 Å². The summed E-state index contributed by atoms with van der Waals surface area (Å²) in [6.07, 6.45) is 4.13. The Morgan fingerprint density at radius 2 is 2.00 bits per heavy atom. The number of amides is 1. The Morgan fingerprint density at radius 3 is 2.44 bits per heavy atom. The minimum absolute atomic E-state index is 0.411. The van der Waals surface area contributed by atoms with E-state index < -0.39 is 5.91 Å². The first-order valence-electron chi connectivity index (χ1n) is 5.54. The number of ether oxygens (including phenoxy) is 1. The number of aromatic nitrogens is 1. The third-order valence-electron chi connectivity index (χ3n) is 1.81. The summed E-state index contributed by atoms with van der Waals surface area (Å²) in [7, 11) is 0. The average Bonchev–Trinajstić information content (AvgIpc) is 2.30. The van der Waals surface area contributed by atoms with Gasteiger partial charge in [0.25, 0.3) is 0 Å². The lowest BCUT2D eigenvalue weighted by Crippen LogP contribution is -2.11. The molecule has 0 atom stereocenters. The van der Waals surface area contributed by atoms with Crippen molar-refractivity contribution in [3.63, 3.8) is 0 Å². The van der Waals surface area contributed by atoms with Crippen LogP contribution in [0.25, 0.3) is 0 Å². The summed E-state index contributed by atoms with van der Waals surface area (Å²) >= 11 is 0. The molecular weight excluding hydrogens is 204 g/mol. The van der Waals surface area contributed by atoms with E-state index in [4.69, 9.17) is 10.5 Å². The molecule has 1 rings (SSSR count). The molecule has 0 radical (unpaired) electrons. The van der Waals surface area contributed by atoms with Crippen molar-refractivity contribution in [1.29, 1.82) is 0 Å². The number of carbonyl (C=O) groups excluding carboxylic acids is 1. The zero-order valence-electron chi connectivity index (χ0n) is 10.2. The highest BCUT2D eigenvalue weighted by atomic mass is 16.5. The number of hydrogen-bond acceptors (Lipinski definition) is 3. The number of carbonyl (C=O) groups is 1. The highest BCUT2D eigenvalue weighted by Gasteiger charge is 2.01. The quantitative estimate of drug-likeness (QED) is 0.854. The van der Waals surface area contributed by atoms with Crippen LogP contribution in [0.15, 0.2) is 18.3 Å². The van der Waals surface area contributed by atoms with E-state index in [1.54, 1.807) is 6.07 Å². The van der Waals surface area contributed by atoms with E-state index in [2.05, 4.69) is 18.8 Å². The van der Waals surface area contributed by atoms with Crippen LogP contribution in [-0.4, -0.2) is 17.5 Å². The monoisotopic (exact) mass is 224 g/mol. The fourth-order valence-corrected chi connectivity index (χ4v) is 0.790. The highest BCUT2D eigenvalue weighted by molar-refractivity contribution is 5.92. The van der Waals surface area contributed by atoms with Gasteiger partial charge in [-0.1, -0.05) is 26.7 Å². The maximum absolute atomic E-state index is 10.7. The lowest BCUT2D eigenvalue weighted by molar-refractivity contribution is 0.0999. The first kappa shape index (κ1) is 14.4. The topological polar surface area (TPSA) is 65.2 Å². The summed E-state index contributed by atoms with van der Waals surface area (Å²) in [6, 6.07) is 3.07. The molecule has 0 bridgehead atoms. The SMILES string of the molecule is CCCC.CCOc1cc(C(N)=O)ccn1. The molecule has 0 aromatic carbocycles. The molecule has 4 nitrogen and oxygen atoms in total. The van der Waals surface area contributed by atoms with Crippen molar-refractivity contribution >= 4 is 5.91 Å². The molecule has 0 aliphatic carbocycles. The van der Waals surface area contributed by atoms with E-state index in [1.165, 1.54) is 25.1 Å². The van der Waals surface area contributed by atoms with E-state index >= 15 is 0 Å². The number of pyridine rings is 1. The fourth-order valence-electron chi connectivity index (χ4n) is 0.790. The van der Waals surface area contributed by atoms with Crippen LogP contribution in [0.5, 0.6) is 5.88 Å². The van der Waals surface area contributed by atoms with Crippen LogP contribution >= 0.6 is 0 Å². The Bertz CT molecular complexity index is 312. The van der Waals surface area contributed by atoms with Crippen LogP contribution in [0.4, 0.5) is 0 Å². The molecule has 1 aromatic rings. The van der Waals surface area contributed by atoms with Crippen molar-refractivity contribution in [1.82, 2.24) is 4.98 Å². The Hall–Kier alpha value is -1.58. The Morgan fingerprint density at radius 1 is 1.38 bits per heavy atom. The van der Waals surface area contributed by atoms with Crippen LogP contribution in [0.3, 0.4) is 0 Å². The van der Waals surface area contributed by atoms with Gasteiger partial charge in [0.15, 0.2) is 0 Å². The van der Waals surface area contributed by atoms with Gasteiger partial charge in [-0.15, -0.1) is 0 Å². The predicted molar refractivity (Wildman–Crippen MR) is 64.5 cm³/mol. The van der Waals surface area contributed by atoms with Gasteiger partial charge in [0.05, 0.1) is 6.61 Å². The van der Waals surface area contributed by atoms with E-state index in [0.717, 1.165) is 0 Å². The number of rotatable bonds is 4. The maximum Gasteiger partial charge on any atom is 0.248 e. The number of nitrogens with zero attached hydrogens (tertiary/aromatic N) is 1. The van der Waals surface area contributed by atoms with Crippen LogP contribution in [-0.2, 0) is 0 Å². The second kappa shape index (κ2) is 8.71. The van der Waals surface area contributed by atoms with Crippen molar-refractivity contribution in [2.24, 2.45) is 5.73 Å². The van der Waals surface area contributed by atoms with Crippen molar-refractivity contribution < 1.29 is 9.53 Å². The largest absolute Gasteiger partial charge is 0.478 e. The molecule has 4 heteroatoms. The Labute approximate surface area is 96.8 Å². The Kier molecular flexibility index (Phi) is 7.85. The van der Waals surface area contributed by atoms with Crippen molar-refractivity contribution in [3.05, 3.63) is 23.9 Å². The third-order valence-corrected chi connectivity index (χ3v) is 1.81. The molecule has 1 heterocycles. The van der Waals surface area contributed by atoms with Gasteiger partial charge < -0.3 is 10.5 Å². The first-order valence-corrected chi connectivity index (χ1v) is 5.54. The molecule has 16 heavy (non-hydrogen) atoms. The van der Waals surface area contributed by atoms with Crippen molar-refractivity contribution in [2.45, 2.75) is 33.6 Å². The van der Waals surface area contributed by atoms with Gasteiger partial charge in [0.1, 0.15) is 0 Å². The molecule has 0 saturated heterocycles. The minimum Gasteiger partial charge on any atom is -0.478 e. The maximum atomic E-state index is 10.7. The molecule has 0 unspecified atom stereocenters. The third kappa shape index (κ3) is 6.01. The zero-order chi connectivity index (χ0) is 12.4. The Balaban J connectivity index is 0.000000487. The molecule has 2 N–H and O–H groups in total. The summed E-state index contributed by atoms with van der Waals surface area (Å²) in [6.45, 7) is 6.73. The van der Waals surface area contributed by atoms with Gasteiger partial charge in [-0.2, -0.15) is 0 Å². The van der Waals surface area contributed by atoms with Crippen molar-refractivity contribution in [2.75, 3.05) is 6.61 Å². The van der Waals surface area contributed by atoms with Gasteiger partial charge in [-0.25, -0.2) is 4.98 Å². The predicted octanol–water partition coefficient (Wildman–Crippen LogP) is 2.39. The van der Waals surface area contributed by atoms with Crippen LogP contribution in [0.2, 0.25) is 0 Å². The second-order valence-corrected chi connectivity index (χ2v) is 3.18. The van der Waals surface area contributed by atoms with Crippen LogP contribution in [0.1, 0.15) is 44.0 Å². The smallest absolute Gasteiger partial charge is 0.248 e. The second-order valence-electron chi connectivity index (χ2n) is 3.18. The van der Waals surface area contributed by atoms with Gasteiger partial charge >= 0.3 is 0 Å². The van der Waals surface area contributed by atoms with E-state index in [-0.39, 0.29) is 0 Å². The number of nitrogens with two attached hydrogens (primary N) is 1. The number of hydrogen-bond donors (Lipinski definition) is 1. The first-order chi connectivity index (χ1) is 7.65. The number of primary amides is 1. The van der Waals surface area contributed by atoms with Gasteiger partial charge in [0.2, 0.25) is 11.8 Å². The van der Waals surface area contributed by atoms with Gasteiger partial charge in [0, 0.05) is 17.8 Å². The summed E-state index contributed by atoms with van der Waals surface area (Å²) in [5.41, 5.74) is 5.47. The number of unbranched alkanes of at least 4 members (excludes halogenated alkanes) is 1. The van der Waals surface area contributed by atoms with Crippen LogP contribution in [0, 0.1) is 0 Å². The summed E-state index contributed by atoms with van der Waals surface area (Å²) in [5.74, 6) is -0.0489. The average molecular weight is 224 g/mol. The van der Waals surface area contributed by atoms with E-state index in [9.17, 15) is 4.79 Å². The summed E-state index contributed by atoms with van der Waals surface area (Å²) < 4.78 is 5.08. The molecule has 90 valence electrons. The molecule has 0 fully saturated rings. The standard InChI is InChI=1S/C8H10N2O2.C4H10/c1-2-12-7-5-6(8(9)11)3-4-10-7;1-3-4-2/h3-5H,2H2,1H3,(H2,9,11);3-4H2,1-2H3. The molecule has 0 aliphatic rings. The molecular formula is C12H20N2O2. The van der Waals surface area contributed by atoms with E-state index in [1.807, 2.05) is 6.92 Å². The van der Waals surface area contributed by atoms with E-state index in [0.29, 0.717) is 18.1 Å². The fraction of sp³-hybridized carbons (Fsp3) is 0.500. The zero-order valence-corrected chi connectivity index (χ0v) is 10.2. The lowest BCUT2D eigenvalue weighted by atomic mass is 10.2. The summed E-state index contributed by atoms with van der Waals surface area (Å²) in [5, 5.41) is 0. The highest BCUT2D eigenvalue weighted by Crippen LogP contribution is 2.07. The van der Waals surface area contributed by atoms with Crippen LogP contribution < -0.4 is 10.5 Å². The molecule has 0 aliphatic heterocycles.